The Morgan fingerprint density at radius 2 is 2.03 bits per heavy atom. The third-order valence-corrected chi connectivity index (χ3v) is 6.69. The Morgan fingerprint density at radius 1 is 1.31 bits per heavy atom. The van der Waals surface area contributed by atoms with Gasteiger partial charge in [0.25, 0.3) is 11.8 Å². The molecule has 3 atom stereocenters. The zero-order valence-corrected chi connectivity index (χ0v) is 18.2. The van der Waals surface area contributed by atoms with Crippen molar-refractivity contribution in [2.45, 2.75) is 57.8 Å². The molecule has 2 aliphatic rings. The molecular weight excluding hydrogens is 417 g/mol. The summed E-state index contributed by atoms with van der Waals surface area (Å²) in [6.45, 7) is 5.35. The minimum atomic E-state index is -1.03. The zero-order chi connectivity index (χ0) is 23.4. The number of benzene rings is 1. The number of nitrogens with zero attached hydrogens (tertiary/aromatic N) is 2. The fourth-order valence-electron chi connectivity index (χ4n) is 4.55. The summed E-state index contributed by atoms with van der Waals surface area (Å²) in [4.78, 5) is 40.2. The molecular formula is C23H26FN3O5. The lowest BCUT2D eigenvalue weighted by Gasteiger charge is -2.45. The molecule has 0 aliphatic carbocycles. The SMILES string of the molecule is Cc1ccc(CNC(=O)c2cn3c(c(O)c2=O)C(=O)N2C[C@]3(C)[C@@H](O)CC[C@@H]2C)c(F)c1. The van der Waals surface area contributed by atoms with Crippen LogP contribution in [0.5, 0.6) is 5.75 Å². The van der Waals surface area contributed by atoms with E-state index in [1.165, 1.54) is 16.8 Å². The van der Waals surface area contributed by atoms with Crippen LogP contribution in [0.1, 0.15) is 58.7 Å². The van der Waals surface area contributed by atoms with Gasteiger partial charge in [-0.3, -0.25) is 14.4 Å². The Labute approximate surface area is 184 Å². The second kappa shape index (κ2) is 7.74. The molecule has 1 fully saturated rings. The van der Waals surface area contributed by atoms with Crippen LogP contribution in [0.25, 0.3) is 0 Å². The molecule has 0 unspecified atom stereocenters. The molecule has 1 saturated heterocycles. The van der Waals surface area contributed by atoms with Gasteiger partial charge < -0.3 is 25.0 Å². The van der Waals surface area contributed by atoms with Crippen LogP contribution in [0.15, 0.2) is 29.2 Å². The van der Waals surface area contributed by atoms with E-state index in [1.54, 1.807) is 30.9 Å². The first-order valence-electron chi connectivity index (χ1n) is 10.6. The fourth-order valence-corrected chi connectivity index (χ4v) is 4.55. The predicted molar refractivity (Wildman–Crippen MR) is 114 cm³/mol. The Morgan fingerprint density at radius 3 is 2.72 bits per heavy atom. The molecule has 4 rings (SSSR count). The molecule has 2 bridgehead atoms. The molecule has 9 heteroatoms. The number of carbonyl (C=O) groups is 2. The summed E-state index contributed by atoms with van der Waals surface area (Å²) in [5.74, 6) is -2.64. The summed E-state index contributed by atoms with van der Waals surface area (Å²) in [5, 5.41) is 24.0. The first-order valence-corrected chi connectivity index (χ1v) is 10.6. The lowest BCUT2D eigenvalue weighted by atomic mass is 9.89. The highest BCUT2D eigenvalue weighted by atomic mass is 19.1. The molecule has 2 amide bonds. The van der Waals surface area contributed by atoms with E-state index in [-0.39, 0.29) is 36.0 Å². The Hall–Kier alpha value is -3.20. The number of rotatable bonds is 3. The molecule has 1 aromatic carbocycles. The Kier molecular flexibility index (Phi) is 5.32. The van der Waals surface area contributed by atoms with Gasteiger partial charge in [-0.25, -0.2) is 4.39 Å². The number of hydrogen-bond donors (Lipinski definition) is 3. The Balaban J connectivity index is 1.74. The van der Waals surface area contributed by atoms with Gasteiger partial charge in [-0.05, 0) is 45.2 Å². The van der Waals surface area contributed by atoms with Gasteiger partial charge in [0.15, 0.2) is 11.4 Å². The summed E-state index contributed by atoms with van der Waals surface area (Å²) in [5.41, 5.74) is -1.66. The van der Waals surface area contributed by atoms with Gasteiger partial charge in [0.05, 0.1) is 11.6 Å². The van der Waals surface area contributed by atoms with Gasteiger partial charge >= 0.3 is 0 Å². The second-order valence-corrected chi connectivity index (χ2v) is 8.95. The zero-order valence-electron chi connectivity index (χ0n) is 18.2. The van der Waals surface area contributed by atoms with E-state index in [0.717, 1.165) is 5.56 Å². The van der Waals surface area contributed by atoms with Crippen molar-refractivity contribution >= 4 is 11.8 Å². The third kappa shape index (κ3) is 3.37. The number of aromatic nitrogens is 1. The number of hydrogen-bond acceptors (Lipinski definition) is 5. The molecule has 3 heterocycles. The maximum absolute atomic E-state index is 14.1. The van der Waals surface area contributed by atoms with Crippen molar-refractivity contribution < 1.29 is 24.2 Å². The number of aromatic hydroxyl groups is 1. The topological polar surface area (TPSA) is 112 Å². The van der Waals surface area contributed by atoms with Crippen molar-refractivity contribution in [2.24, 2.45) is 0 Å². The number of fused-ring (bicyclic) bond motifs is 4. The van der Waals surface area contributed by atoms with Crippen LogP contribution in [0.4, 0.5) is 4.39 Å². The average molecular weight is 443 g/mol. The van der Waals surface area contributed by atoms with Crippen LogP contribution >= 0.6 is 0 Å². The number of halogens is 1. The summed E-state index contributed by atoms with van der Waals surface area (Å²) in [6.07, 6.45) is 1.34. The van der Waals surface area contributed by atoms with Crippen molar-refractivity contribution in [2.75, 3.05) is 6.54 Å². The first-order chi connectivity index (χ1) is 15.0. The van der Waals surface area contributed by atoms with E-state index >= 15 is 0 Å². The maximum atomic E-state index is 14.1. The normalized spacial score (nSPS) is 24.7. The highest BCUT2D eigenvalue weighted by Crippen LogP contribution is 2.38. The molecule has 1 aromatic heterocycles. The predicted octanol–water partition coefficient (Wildman–Crippen LogP) is 1.65. The highest BCUT2D eigenvalue weighted by molar-refractivity contribution is 5.99. The quantitative estimate of drug-likeness (QED) is 0.668. The summed E-state index contributed by atoms with van der Waals surface area (Å²) >= 11 is 0. The van der Waals surface area contributed by atoms with Crippen LogP contribution in [-0.4, -0.2) is 50.2 Å². The Bertz CT molecular complexity index is 1180. The smallest absolute Gasteiger partial charge is 0.274 e. The molecule has 3 N–H and O–H groups in total. The van der Waals surface area contributed by atoms with Crippen molar-refractivity contribution in [3.05, 3.63) is 62.8 Å². The number of nitrogens with one attached hydrogen (secondary N) is 1. The number of aliphatic hydroxyl groups excluding tert-OH is 1. The minimum absolute atomic E-state index is 0.156. The van der Waals surface area contributed by atoms with Gasteiger partial charge in [-0.1, -0.05) is 12.1 Å². The van der Waals surface area contributed by atoms with E-state index in [4.69, 9.17) is 0 Å². The van der Waals surface area contributed by atoms with Crippen LogP contribution in [0, 0.1) is 12.7 Å². The average Bonchev–Trinajstić information content (AvgIpc) is 2.84. The van der Waals surface area contributed by atoms with Crippen LogP contribution in [0.2, 0.25) is 0 Å². The highest BCUT2D eigenvalue weighted by Gasteiger charge is 2.49. The summed E-state index contributed by atoms with van der Waals surface area (Å²) in [6, 6.07) is 4.42. The van der Waals surface area contributed by atoms with E-state index in [1.807, 2.05) is 6.92 Å². The number of aryl methyl sites for hydroxylation is 1. The molecule has 32 heavy (non-hydrogen) atoms. The molecule has 0 radical (unpaired) electrons. The fraction of sp³-hybridized carbons (Fsp3) is 0.435. The molecule has 0 saturated carbocycles. The second-order valence-electron chi connectivity index (χ2n) is 8.95. The van der Waals surface area contributed by atoms with Gasteiger partial charge in [-0.15, -0.1) is 0 Å². The largest absolute Gasteiger partial charge is 0.503 e. The lowest BCUT2D eigenvalue weighted by molar-refractivity contribution is 0.0109. The van der Waals surface area contributed by atoms with Crippen LogP contribution < -0.4 is 10.7 Å². The monoisotopic (exact) mass is 443 g/mol. The van der Waals surface area contributed by atoms with Gasteiger partial charge in [0, 0.05) is 30.9 Å². The molecule has 2 aliphatic heterocycles. The van der Waals surface area contributed by atoms with E-state index in [2.05, 4.69) is 5.32 Å². The van der Waals surface area contributed by atoms with E-state index in [9.17, 15) is 29.0 Å². The molecule has 170 valence electrons. The molecule has 2 aromatic rings. The van der Waals surface area contributed by atoms with Gasteiger partial charge in [0.1, 0.15) is 11.4 Å². The maximum Gasteiger partial charge on any atom is 0.274 e. The third-order valence-electron chi connectivity index (χ3n) is 6.69. The van der Waals surface area contributed by atoms with Crippen LogP contribution in [-0.2, 0) is 12.1 Å². The summed E-state index contributed by atoms with van der Waals surface area (Å²) < 4.78 is 15.4. The molecule has 0 spiro atoms. The summed E-state index contributed by atoms with van der Waals surface area (Å²) in [7, 11) is 0. The first kappa shape index (κ1) is 22.0. The number of amides is 2. The van der Waals surface area contributed by atoms with E-state index in [0.29, 0.717) is 12.8 Å². The standard InChI is InChI=1S/C23H26FN3O5/c1-12-4-6-14(16(24)8-12)9-25-21(31)15-10-27-18(20(30)19(15)29)22(32)26-11-23(27,3)17(28)7-5-13(26)2/h4,6,8,10,13,17,28,30H,5,7,9,11H2,1-3H3,(H,25,31)/t13-,17-,23+/m0/s1. The number of carbonyl (C=O) groups excluding carboxylic acids is 2. The van der Waals surface area contributed by atoms with Crippen molar-refractivity contribution in [1.29, 1.82) is 0 Å². The van der Waals surface area contributed by atoms with Crippen molar-refractivity contribution in [3.63, 3.8) is 0 Å². The van der Waals surface area contributed by atoms with Crippen LogP contribution in [0.3, 0.4) is 0 Å². The minimum Gasteiger partial charge on any atom is -0.503 e. The van der Waals surface area contributed by atoms with Gasteiger partial charge in [-0.2, -0.15) is 0 Å². The lowest BCUT2D eigenvalue weighted by Crippen LogP contribution is -2.58. The number of pyridine rings is 1. The van der Waals surface area contributed by atoms with Gasteiger partial charge in [0.2, 0.25) is 5.43 Å². The van der Waals surface area contributed by atoms with Crippen molar-refractivity contribution in [1.82, 2.24) is 14.8 Å². The number of aliphatic hydroxyl groups is 1. The van der Waals surface area contributed by atoms with Crippen molar-refractivity contribution in [3.8, 4) is 5.75 Å². The molecule has 8 nitrogen and oxygen atoms in total. The van der Waals surface area contributed by atoms with E-state index < -0.39 is 40.5 Å².